The van der Waals surface area contributed by atoms with Crippen molar-refractivity contribution in [3.63, 3.8) is 0 Å². The zero-order valence-corrected chi connectivity index (χ0v) is 12.8. The fourth-order valence-electron chi connectivity index (χ4n) is 2.36. The number of amides is 1. The topological polar surface area (TPSA) is 20.3 Å². The van der Waals surface area contributed by atoms with Gasteiger partial charge in [-0.2, -0.15) is 0 Å². The number of carbonyl (C=O) groups excluding carboxylic acids is 1. The summed E-state index contributed by atoms with van der Waals surface area (Å²) >= 11 is 0. The van der Waals surface area contributed by atoms with Gasteiger partial charge in [0.25, 0.3) is 0 Å². The van der Waals surface area contributed by atoms with Crippen LogP contribution in [-0.2, 0) is 11.3 Å². The molecule has 0 unspecified atom stereocenters. The molecule has 0 aliphatic rings. The minimum Gasteiger partial charge on any atom is -0.341 e. The molecule has 1 amide bonds. The smallest absolute Gasteiger partial charge is 0.223 e. The van der Waals surface area contributed by atoms with Gasteiger partial charge >= 0.3 is 0 Å². The minimum absolute atomic E-state index is 0.0318. The molecular formula is C18H23NO. The summed E-state index contributed by atoms with van der Waals surface area (Å²) in [6, 6.07) is 14.6. The largest absolute Gasteiger partial charge is 0.341 e. The van der Waals surface area contributed by atoms with E-state index in [1.807, 2.05) is 24.1 Å². The van der Waals surface area contributed by atoms with Crippen molar-refractivity contribution >= 4 is 16.7 Å². The first-order valence-electron chi connectivity index (χ1n) is 7.07. The molecule has 0 heterocycles. The predicted octanol–water partition coefficient (Wildman–Crippen LogP) is 4.23. The SMILES string of the molecule is CN(Cc1cccc2ccccc12)C(=O)CC(C)(C)C. The van der Waals surface area contributed by atoms with Crippen LogP contribution in [0, 0.1) is 5.41 Å². The highest BCUT2D eigenvalue weighted by atomic mass is 16.2. The van der Waals surface area contributed by atoms with E-state index in [0.717, 1.165) is 0 Å². The molecule has 2 rings (SSSR count). The summed E-state index contributed by atoms with van der Waals surface area (Å²) < 4.78 is 0. The summed E-state index contributed by atoms with van der Waals surface area (Å²) in [5, 5.41) is 2.45. The number of nitrogens with zero attached hydrogens (tertiary/aromatic N) is 1. The third-order valence-electron chi connectivity index (χ3n) is 3.39. The van der Waals surface area contributed by atoms with Crippen LogP contribution in [0.2, 0.25) is 0 Å². The van der Waals surface area contributed by atoms with E-state index < -0.39 is 0 Å². The average Bonchev–Trinajstić information content (AvgIpc) is 2.37. The van der Waals surface area contributed by atoms with Crippen LogP contribution in [0.1, 0.15) is 32.8 Å². The van der Waals surface area contributed by atoms with Crippen molar-refractivity contribution < 1.29 is 4.79 Å². The highest BCUT2D eigenvalue weighted by Gasteiger charge is 2.19. The molecule has 0 radical (unpaired) electrons. The maximum atomic E-state index is 12.2. The number of benzene rings is 2. The van der Waals surface area contributed by atoms with Gasteiger partial charge in [0.15, 0.2) is 0 Å². The van der Waals surface area contributed by atoms with E-state index in [1.54, 1.807) is 0 Å². The van der Waals surface area contributed by atoms with Crippen molar-refractivity contribution in [2.24, 2.45) is 5.41 Å². The van der Waals surface area contributed by atoms with E-state index in [-0.39, 0.29) is 11.3 Å². The highest BCUT2D eigenvalue weighted by Crippen LogP contribution is 2.22. The molecule has 2 aromatic carbocycles. The summed E-state index contributed by atoms with van der Waals surface area (Å²) in [5.74, 6) is 0.199. The highest BCUT2D eigenvalue weighted by molar-refractivity contribution is 5.86. The quantitative estimate of drug-likeness (QED) is 0.816. The third kappa shape index (κ3) is 3.60. The van der Waals surface area contributed by atoms with Crippen LogP contribution in [0.3, 0.4) is 0 Å². The van der Waals surface area contributed by atoms with Crippen molar-refractivity contribution in [2.75, 3.05) is 7.05 Å². The van der Waals surface area contributed by atoms with Crippen molar-refractivity contribution in [1.82, 2.24) is 4.90 Å². The van der Waals surface area contributed by atoms with Crippen molar-refractivity contribution in [3.05, 3.63) is 48.0 Å². The maximum Gasteiger partial charge on any atom is 0.223 e. The van der Waals surface area contributed by atoms with E-state index in [9.17, 15) is 4.79 Å². The number of fused-ring (bicyclic) bond motifs is 1. The molecule has 0 N–H and O–H groups in total. The van der Waals surface area contributed by atoms with E-state index >= 15 is 0 Å². The molecule has 2 heteroatoms. The van der Waals surface area contributed by atoms with Crippen LogP contribution in [0.4, 0.5) is 0 Å². The molecule has 0 aliphatic carbocycles. The normalized spacial score (nSPS) is 11.6. The first-order valence-corrected chi connectivity index (χ1v) is 7.07. The van der Waals surface area contributed by atoms with Crippen molar-refractivity contribution in [3.8, 4) is 0 Å². The van der Waals surface area contributed by atoms with Gasteiger partial charge in [0.05, 0.1) is 0 Å². The number of hydrogen-bond acceptors (Lipinski definition) is 1. The van der Waals surface area contributed by atoms with Crippen LogP contribution < -0.4 is 0 Å². The van der Waals surface area contributed by atoms with Crippen LogP contribution in [0.15, 0.2) is 42.5 Å². The number of carbonyl (C=O) groups is 1. The van der Waals surface area contributed by atoms with Gasteiger partial charge in [-0.1, -0.05) is 63.2 Å². The lowest BCUT2D eigenvalue weighted by Gasteiger charge is -2.23. The molecular weight excluding hydrogens is 246 g/mol. The van der Waals surface area contributed by atoms with Crippen LogP contribution >= 0.6 is 0 Å². The van der Waals surface area contributed by atoms with Gasteiger partial charge in [0, 0.05) is 20.0 Å². The fourth-order valence-corrected chi connectivity index (χ4v) is 2.36. The van der Waals surface area contributed by atoms with Gasteiger partial charge in [-0.3, -0.25) is 4.79 Å². The number of hydrogen-bond donors (Lipinski definition) is 0. The van der Waals surface area contributed by atoms with Crippen molar-refractivity contribution in [1.29, 1.82) is 0 Å². The van der Waals surface area contributed by atoms with Crippen LogP contribution in [0.25, 0.3) is 10.8 Å². The molecule has 0 atom stereocenters. The molecule has 2 nitrogen and oxygen atoms in total. The molecule has 0 saturated carbocycles. The average molecular weight is 269 g/mol. The predicted molar refractivity (Wildman–Crippen MR) is 84.5 cm³/mol. The Kier molecular flexibility index (Phi) is 4.12. The van der Waals surface area contributed by atoms with E-state index in [4.69, 9.17) is 0 Å². The second-order valence-electron chi connectivity index (χ2n) is 6.63. The first kappa shape index (κ1) is 14.6. The number of rotatable bonds is 3. The zero-order chi connectivity index (χ0) is 14.8. The Morgan fingerprint density at radius 3 is 2.40 bits per heavy atom. The van der Waals surface area contributed by atoms with Crippen LogP contribution in [0.5, 0.6) is 0 Å². The van der Waals surface area contributed by atoms with E-state index in [1.165, 1.54) is 16.3 Å². The Hall–Kier alpha value is -1.83. The molecule has 0 saturated heterocycles. The standard InChI is InChI=1S/C18H23NO/c1-18(2,3)12-17(20)19(4)13-15-10-7-9-14-8-5-6-11-16(14)15/h5-11H,12-13H2,1-4H3. The van der Waals surface area contributed by atoms with Gasteiger partial charge in [-0.05, 0) is 21.8 Å². The van der Waals surface area contributed by atoms with Gasteiger partial charge in [0.1, 0.15) is 0 Å². The second kappa shape index (κ2) is 5.66. The molecule has 106 valence electrons. The summed E-state index contributed by atoms with van der Waals surface area (Å²) in [4.78, 5) is 14.1. The molecule has 0 aliphatic heterocycles. The molecule has 2 aromatic rings. The zero-order valence-electron chi connectivity index (χ0n) is 12.8. The Morgan fingerprint density at radius 1 is 1.05 bits per heavy atom. The van der Waals surface area contributed by atoms with Gasteiger partial charge < -0.3 is 4.90 Å². The molecule has 0 spiro atoms. The van der Waals surface area contributed by atoms with E-state index in [2.05, 4.69) is 51.1 Å². The van der Waals surface area contributed by atoms with Gasteiger partial charge in [-0.15, -0.1) is 0 Å². The molecule has 0 fully saturated rings. The Bertz CT molecular complexity index is 605. The lowest BCUT2D eigenvalue weighted by molar-refractivity contribution is -0.132. The lowest BCUT2D eigenvalue weighted by Crippen LogP contribution is -2.29. The second-order valence-corrected chi connectivity index (χ2v) is 6.63. The van der Waals surface area contributed by atoms with E-state index in [0.29, 0.717) is 13.0 Å². The summed E-state index contributed by atoms with van der Waals surface area (Å²) in [5.41, 5.74) is 1.23. The Morgan fingerprint density at radius 2 is 1.70 bits per heavy atom. The Balaban J connectivity index is 2.18. The van der Waals surface area contributed by atoms with Crippen molar-refractivity contribution in [2.45, 2.75) is 33.7 Å². The van der Waals surface area contributed by atoms with Gasteiger partial charge in [0.2, 0.25) is 5.91 Å². The summed E-state index contributed by atoms with van der Waals surface area (Å²) in [7, 11) is 1.88. The monoisotopic (exact) mass is 269 g/mol. The maximum absolute atomic E-state index is 12.2. The minimum atomic E-state index is 0.0318. The molecule has 20 heavy (non-hydrogen) atoms. The Labute approximate surface area is 121 Å². The first-order chi connectivity index (χ1) is 9.37. The molecule has 0 aromatic heterocycles. The van der Waals surface area contributed by atoms with Crippen LogP contribution in [-0.4, -0.2) is 17.9 Å². The molecule has 0 bridgehead atoms. The lowest BCUT2D eigenvalue weighted by atomic mass is 9.91. The fraction of sp³-hybridized carbons (Fsp3) is 0.389. The third-order valence-corrected chi connectivity index (χ3v) is 3.39. The summed E-state index contributed by atoms with van der Waals surface area (Å²) in [6.07, 6.45) is 0.578. The van der Waals surface area contributed by atoms with Gasteiger partial charge in [-0.25, -0.2) is 0 Å². The summed E-state index contributed by atoms with van der Waals surface area (Å²) in [6.45, 7) is 6.94.